The Hall–Kier alpha value is -2.53. The normalized spacial score (nSPS) is 13.5. The third-order valence-corrected chi connectivity index (χ3v) is 3.79. The van der Waals surface area contributed by atoms with E-state index in [-0.39, 0.29) is 0 Å². The number of H-pyrrole nitrogens is 1. The summed E-state index contributed by atoms with van der Waals surface area (Å²) in [6.07, 6.45) is 0.758. The SMILES string of the molecule is NCCc1nc2ccc(-c3ccc4c(c3)OCCO4)cc2[nH]1. The molecule has 4 rings (SSSR count). The second-order valence-corrected chi connectivity index (χ2v) is 5.31. The molecule has 0 saturated carbocycles. The van der Waals surface area contributed by atoms with Gasteiger partial charge in [0, 0.05) is 6.42 Å². The van der Waals surface area contributed by atoms with Crippen molar-refractivity contribution in [1.82, 2.24) is 9.97 Å². The van der Waals surface area contributed by atoms with Crippen molar-refractivity contribution < 1.29 is 9.47 Å². The number of rotatable bonds is 3. The van der Waals surface area contributed by atoms with Crippen LogP contribution in [-0.2, 0) is 6.42 Å². The van der Waals surface area contributed by atoms with E-state index in [0.29, 0.717) is 19.8 Å². The molecule has 112 valence electrons. The van der Waals surface area contributed by atoms with Gasteiger partial charge in [0.05, 0.1) is 11.0 Å². The molecule has 0 radical (unpaired) electrons. The second-order valence-electron chi connectivity index (χ2n) is 5.31. The lowest BCUT2D eigenvalue weighted by Crippen LogP contribution is -2.15. The molecule has 5 nitrogen and oxygen atoms in total. The van der Waals surface area contributed by atoms with Crippen LogP contribution >= 0.6 is 0 Å². The summed E-state index contributed by atoms with van der Waals surface area (Å²) in [7, 11) is 0. The van der Waals surface area contributed by atoms with Crippen molar-refractivity contribution in [3.8, 4) is 22.6 Å². The molecule has 22 heavy (non-hydrogen) atoms. The molecule has 0 bridgehead atoms. The van der Waals surface area contributed by atoms with Crippen molar-refractivity contribution in [2.24, 2.45) is 5.73 Å². The first kappa shape index (κ1) is 13.2. The molecule has 2 heterocycles. The molecule has 0 saturated heterocycles. The van der Waals surface area contributed by atoms with Gasteiger partial charge in [-0.1, -0.05) is 12.1 Å². The van der Waals surface area contributed by atoms with E-state index in [1.54, 1.807) is 0 Å². The maximum atomic E-state index is 5.65. The molecule has 0 unspecified atom stereocenters. The van der Waals surface area contributed by atoms with Crippen molar-refractivity contribution in [1.29, 1.82) is 0 Å². The van der Waals surface area contributed by atoms with Crippen LogP contribution in [0, 0.1) is 0 Å². The summed E-state index contributed by atoms with van der Waals surface area (Å²) in [5.41, 5.74) is 9.79. The molecule has 3 aromatic rings. The van der Waals surface area contributed by atoms with Crippen molar-refractivity contribution in [3.05, 3.63) is 42.2 Å². The highest BCUT2D eigenvalue weighted by atomic mass is 16.6. The zero-order chi connectivity index (χ0) is 14.9. The highest BCUT2D eigenvalue weighted by Crippen LogP contribution is 2.35. The van der Waals surface area contributed by atoms with Crippen LogP contribution in [0.25, 0.3) is 22.2 Å². The van der Waals surface area contributed by atoms with Crippen LogP contribution in [0.4, 0.5) is 0 Å². The van der Waals surface area contributed by atoms with Gasteiger partial charge in [-0.25, -0.2) is 4.98 Å². The maximum Gasteiger partial charge on any atom is 0.161 e. The molecule has 1 aliphatic heterocycles. The highest BCUT2D eigenvalue weighted by molar-refractivity contribution is 5.82. The topological polar surface area (TPSA) is 73.2 Å². The number of nitrogens with two attached hydrogens (primary N) is 1. The Morgan fingerprint density at radius 3 is 2.64 bits per heavy atom. The number of hydrogen-bond acceptors (Lipinski definition) is 4. The molecule has 0 aliphatic carbocycles. The Labute approximate surface area is 128 Å². The first-order chi connectivity index (χ1) is 10.8. The predicted octanol–water partition coefficient (Wildman–Crippen LogP) is 2.50. The smallest absolute Gasteiger partial charge is 0.161 e. The van der Waals surface area contributed by atoms with Gasteiger partial charge in [0.15, 0.2) is 11.5 Å². The van der Waals surface area contributed by atoms with Crippen LogP contribution in [-0.4, -0.2) is 29.7 Å². The Morgan fingerprint density at radius 2 is 1.77 bits per heavy atom. The molecule has 0 spiro atoms. The van der Waals surface area contributed by atoms with Gasteiger partial charge in [-0.3, -0.25) is 0 Å². The van der Waals surface area contributed by atoms with Crippen molar-refractivity contribution in [3.63, 3.8) is 0 Å². The molecule has 3 N–H and O–H groups in total. The molecule has 2 aromatic carbocycles. The lowest BCUT2D eigenvalue weighted by molar-refractivity contribution is 0.171. The van der Waals surface area contributed by atoms with Crippen molar-refractivity contribution in [2.45, 2.75) is 6.42 Å². The van der Waals surface area contributed by atoms with E-state index in [9.17, 15) is 0 Å². The maximum absolute atomic E-state index is 5.65. The van der Waals surface area contributed by atoms with Gasteiger partial charge in [0.1, 0.15) is 19.0 Å². The molecule has 0 amide bonds. The number of hydrogen-bond donors (Lipinski definition) is 2. The van der Waals surface area contributed by atoms with Crippen molar-refractivity contribution in [2.75, 3.05) is 19.8 Å². The number of benzene rings is 2. The van der Waals surface area contributed by atoms with Gasteiger partial charge in [-0.15, -0.1) is 0 Å². The number of aromatic nitrogens is 2. The van der Waals surface area contributed by atoms with Crippen LogP contribution < -0.4 is 15.2 Å². The van der Waals surface area contributed by atoms with Gasteiger partial charge in [0.2, 0.25) is 0 Å². The Kier molecular flexibility index (Phi) is 3.20. The quantitative estimate of drug-likeness (QED) is 0.778. The number of aromatic amines is 1. The van der Waals surface area contributed by atoms with E-state index in [1.807, 2.05) is 24.3 Å². The van der Waals surface area contributed by atoms with Crippen LogP contribution in [0.5, 0.6) is 11.5 Å². The summed E-state index contributed by atoms with van der Waals surface area (Å²) in [4.78, 5) is 7.85. The summed E-state index contributed by atoms with van der Waals surface area (Å²) in [5.74, 6) is 2.54. The number of nitrogens with one attached hydrogen (secondary N) is 1. The summed E-state index contributed by atoms with van der Waals surface area (Å²) >= 11 is 0. The average Bonchev–Trinajstić information content (AvgIpc) is 2.96. The first-order valence-corrected chi connectivity index (χ1v) is 7.42. The van der Waals surface area contributed by atoms with Crippen LogP contribution in [0.1, 0.15) is 5.82 Å². The number of nitrogens with zero attached hydrogens (tertiary/aromatic N) is 1. The van der Waals surface area contributed by atoms with E-state index in [2.05, 4.69) is 22.1 Å². The molecule has 0 atom stereocenters. The molecular formula is C17H17N3O2. The van der Waals surface area contributed by atoms with Crippen LogP contribution in [0.3, 0.4) is 0 Å². The predicted molar refractivity (Wildman–Crippen MR) is 85.3 cm³/mol. The Morgan fingerprint density at radius 1 is 1.00 bits per heavy atom. The van der Waals surface area contributed by atoms with E-state index < -0.39 is 0 Å². The van der Waals surface area contributed by atoms with Gasteiger partial charge >= 0.3 is 0 Å². The fourth-order valence-corrected chi connectivity index (χ4v) is 2.72. The van der Waals surface area contributed by atoms with Gasteiger partial charge < -0.3 is 20.2 Å². The largest absolute Gasteiger partial charge is 0.486 e. The van der Waals surface area contributed by atoms with Crippen LogP contribution in [0.15, 0.2) is 36.4 Å². The summed E-state index contributed by atoms with van der Waals surface area (Å²) in [5, 5.41) is 0. The minimum atomic E-state index is 0.592. The number of imidazole rings is 1. The Bertz CT molecular complexity index is 826. The van der Waals surface area contributed by atoms with Crippen molar-refractivity contribution >= 4 is 11.0 Å². The van der Waals surface area contributed by atoms with Gasteiger partial charge in [-0.2, -0.15) is 0 Å². The third-order valence-electron chi connectivity index (χ3n) is 3.79. The van der Waals surface area contributed by atoms with E-state index in [4.69, 9.17) is 15.2 Å². The van der Waals surface area contributed by atoms with E-state index >= 15 is 0 Å². The average molecular weight is 295 g/mol. The minimum Gasteiger partial charge on any atom is -0.486 e. The monoisotopic (exact) mass is 295 g/mol. The van der Waals surface area contributed by atoms with E-state index in [0.717, 1.165) is 45.9 Å². The minimum absolute atomic E-state index is 0.592. The number of ether oxygens (including phenoxy) is 2. The lowest BCUT2D eigenvalue weighted by Gasteiger charge is -2.18. The van der Waals surface area contributed by atoms with Gasteiger partial charge in [0.25, 0.3) is 0 Å². The molecule has 0 fully saturated rings. The summed E-state index contributed by atoms with van der Waals surface area (Å²) < 4.78 is 11.2. The fourth-order valence-electron chi connectivity index (χ4n) is 2.72. The fraction of sp³-hybridized carbons (Fsp3) is 0.235. The number of fused-ring (bicyclic) bond motifs is 2. The summed E-state index contributed by atoms with van der Waals surface area (Å²) in [6, 6.07) is 12.2. The van der Waals surface area contributed by atoms with Crippen LogP contribution in [0.2, 0.25) is 0 Å². The zero-order valence-electron chi connectivity index (χ0n) is 12.1. The third kappa shape index (κ3) is 2.29. The van der Waals surface area contributed by atoms with E-state index in [1.165, 1.54) is 0 Å². The molecular weight excluding hydrogens is 278 g/mol. The summed E-state index contributed by atoms with van der Waals surface area (Å²) in [6.45, 7) is 1.80. The lowest BCUT2D eigenvalue weighted by atomic mass is 10.0. The molecule has 1 aromatic heterocycles. The second kappa shape index (κ2) is 5.35. The molecule has 5 heteroatoms. The Balaban J connectivity index is 1.73. The first-order valence-electron chi connectivity index (χ1n) is 7.42. The molecule has 1 aliphatic rings. The van der Waals surface area contributed by atoms with Gasteiger partial charge in [-0.05, 0) is 41.9 Å². The zero-order valence-corrected chi connectivity index (χ0v) is 12.1. The standard InChI is InChI=1S/C17H17N3O2/c18-6-5-17-19-13-3-1-11(9-14(13)20-17)12-2-4-15-16(10-12)22-8-7-21-15/h1-4,9-10H,5-8,18H2,(H,19,20). The highest BCUT2D eigenvalue weighted by Gasteiger charge is 2.13.